The summed E-state index contributed by atoms with van der Waals surface area (Å²) in [6.07, 6.45) is 10.9. The van der Waals surface area contributed by atoms with Gasteiger partial charge in [0.1, 0.15) is 0 Å². The van der Waals surface area contributed by atoms with Crippen molar-refractivity contribution in [2.24, 2.45) is 5.92 Å². The van der Waals surface area contributed by atoms with Crippen LogP contribution in [0.3, 0.4) is 0 Å². The molecule has 0 amide bonds. The van der Waals surface area contributed by atoms with E-state index in [1.807, 2.05) is 11.8 Å². The first-order valence-electron chi connectivity index (χ1n) is 3.22. The van der Waals surface area contributed by atoms with Crippen LogP contribution in [0.15, 0.2) is 24.3 Å². The fourth-order valence-electron chi connectivity index (χ4n) is 0.991. The van der Waals surface area contributed by atoms with E-state index in [1.165, 1.54) is 0 Å². The van der Waals surface area contributed by atoms with Crippen molar-refractivity contribution >= 4 is 11.8 Å². The second-order valence-corrected chi connectivity index (χ2v) is 3.34. The molecule has 2 unspecified atom stereocenters. The first kappa shape index (κ1) is 6.94. The highest BCUT2D eigenvalue weighted by atomic mass is 32.2. The first-order valence-corrected chi connectivity index (χ1v) is 4.51. The number of hydrogen-bond acceptors (Lipinski definition) is 1. The van der Waals surface area contributed by atoms with Crippen molar-refractivity contribution in [2.75, 3.05) is 6.26 Å². The molecule has 0 radical (unpaired) electrons. The Balaban J connectivity index is 2.55. The summed E-state index contributed by atoms with van der Waals surface area (Å²) in [6, 6.07) is 0. The van der Waals surface area contributed by atoms with E-state index in [4.69, 9.17) is 0 Å². The molecule has 1 aliphatic rings. The summed E-state index contributed by atoms with van der Waals surface area (Å²) in [5.74, 6) is 0.713. The highest BCUT2D eigenvalue weighted by Crippen LogP contribution is 2.22. The molecule has 9 heavy (non-hydrogen) atoms. The second-order valence-electron chi connectivity index (χ2n) is 2.33. The molecule has 1 heteroatoms. The van der Waals surface area contributed by atoms with Gasteiger partial charge in [0, 0.05) is 5.25 Å². The number of allylic oxidation sites excluding steroid dienone is 3. The molecule has 2 atom stereocenters. The topological polar surface area (TPSA) is 0 Å². The molecule has 0 saturated carbocycles. The molecule has 1 rings (SSSR count). The van der Waals surface area contributed by atoms with Crippen molar-refractivity contribution in [1.29, 1.82) is 0 Å². The molecular formula is C8H12S. The maximum absolute atomic E-state index is 2.26. The Bertz CT molecular complexity index is 136. The highest BCUT2D eigenvalue weighted by Gasteiger charge is 2.10. The fraction of sp³-hybridized carbons (Fsp3) is 0.500. The molecule has 0 heterocycles. The van der Waals surface area contributed by atoms with E-state index < -0.39 is 0 Å². The molecule has 0 saturated heterocycles. The zero-order valence-corrected chi connectivity index (χ0v) is 6.69. The lowest BCUT2D eigenvalue weighted by Crippen LogP contribution is -2.10. The molecule has 0 fully saturated rings. The molecule has 0 aromatic carbocycles. The highest BCUT2D eigenvalue weighted by molar-refractivity contribution is 7.99. The standard InChI is InChI=1S/C8H12S/c1-7-5-3-4-6-8(7)9-2/h3-8H,1-2H3. The van der Waals surface area contributed by atoms with Gasteiger partial charge in [-0.25, -0.2) is 0 Å². The van der Waals surface area contributed by atoms with Gasteiger partial charge in [-0.3, -0.25) is 0 Å². The van der Waals surface area contributed by atoms with Gasteiger partial charge < -0.3 is 0 Å². The third-order valence-electron chi connectivity index (χ3n) is 1.62. The van der Waals surface area contributed by atoms with E-state index in [-0.39, 0.29) is 0 Å². The molecule has 0 N–H and O–H groups in total. The average molecular weight is 140 g/mol. The minimum atomic E-state index is 0.704. The van der Waals surface area contributed by atoms with Crippen molar-refractivity contribution in [1.82, 2.24) is 0 Å². The Morgan fingerprint density at radius 2 is 1.89 bits per heavy atom. The van der Waals surface area contributed by atoms with E-state index in [9.17, 15) is 0 Å². The SMILES string of the molecule is CSC1C=CC=CC1C. The summed E-state index contributed by atoms with van der Waals surface area (Å²) in [6.45, 7) is 2.25. The molecule has 0 aromatic rings. The summed E-state index contributed by atoms with van der Waals surface area (Å²) >= 11 is 1.92. The lowest BCUT2D eigenvalue weighted by Gasteiger charge is -2.16. The van der Waals surface area contributed by atoms with Crippen molar-refractivity contribution in [3.63, 3.8) is 0 Å². The average Bonchev–Trinajstić information content (AvgIpc) is 1.89. The van der Waals surface area contributed by atoms with E-state index in [0.29, 0.717) is 11.2 Å². The van der Waals surface area contributed by atoms with Gasteiger partial charge in [0.05, 0.1) is 0 Å². The Morgan fingerprint density at radius 3 is 2.33 bits per heavy atom. The Kier molecular flexibility index (Phi) is 2.40. The van der Waals surface area contributed by atoms with Crippen LogP contribution < -0.4 is 0 Å². The third kappa shape index (κ3) is 1.62. The quantitative estimate of drug-likeness (QED) is 0.539. The summed E-state index contributed by atoms with van der Waals surface area (Å²) < 4.78 is 0. The molecule has 0 aliphatic heterocycles. The van der Waals surface area contributed by atoms with Crippen LogP contribution in [0.25, 0.3) is 0 Å². The van der Waals surface area contributed by atoms with Crippen molar-refractivity contribution in [3.8, 4) is 0 Å². The number of rotatable bonds is 1. The minimum Gasteiger partial charge on any atom is -0.157 e. The van der Waals surface area contributed by atoms with Crippen LogP contribution in [0.4, 0.5) is 0 Å². The van der Waals surface area contributed by atoms with Crippen LogP contribution in [-0.4, -0.2) is 11.5 Å². The van der Waals surface area contributed by atoms with Gasteiger partial charge in [-0.05, 0) is 12.2 Å². The van der Waals surface area contributed by atoms with Gasteiger partial charge in [-0.1, -0.05) is 31.2 Å². The zero-order valence-electron chi connectivity index (χ0n) is 5.87. The number of hydrogen-bond donors (Lipinski definition) is 0. The van der Waals surface area contributed by atoms with E-state index in [2.05, 4.69) is 37.5 Å². The first-order chi connectivity index (χ1) is 4.34. The predicted molar refractivity (Wildman–Crippen MR) is 44.7 cm³/mol. The summed E-state index contributed by atoms with van der Waals surface area (Å²) in [5, 5.41) is 0.704. The van der Waals surface area contributed by atoms with Crippen LogP contribution in [-0.2, 0) is 0 Å². The molecule has 0 spiro atoms. The largest absolute Gasteiger partial charge is 0.157 e. The lowest BCUT2D eigenvalue weighted by atomic mass is 10.0. The van der Waals surface area contributed by atoms with Crippen LogP contribution in [0.5, 0.6) is 0 Å². The van der Waals surface area contributed by atoms with Crippen molar-refractivity contribution in [3.05, 3.63) is 24.3 Å². The van der Waals surface area contributed by atoms with Gasteiger partial charge in [-0.15, -0.1) is 0 Å². The third-order valence-corrected chi connectivity index (χ3v) is 2.75. The number of thioether (sulfide) groups is 1. The van der Waals surface area contributed by atoms with Crippen LogP contribution in [0.1, 0.15) is 6.92 Å². The Morgan fingerprint density at radius 1 is 1.22 bits per heavy atom. The van der Waals surface area contributed by atoms with E-state index in [1.54, 1.807) is 0 Å². The smallest absolute Gasteiger partial charge is 0.0287 e. The van der Waals surface area contributed by atoms with Crippen molar-refractivity contribution in [2.45, 2.75) is 12.2 Å². The van der Waals surface area contributed by atoms with Crippen LogP contribution >= 0.6 is 11.8 Å². The van der Waals surface area contributed by atoms with Gasteiger partial charge in [0.2, 0.25) is 0 Å². The summed E-state index contributed by atoms with van der Waals surface area (Å²) in [5.41, 5.74) is 0. The summed E-state index contributed by atoms with van der Waals surface area (Å²) in [4.78, 5) is 0. The zero-order chi connectivity index (χ0) is 6.69. The molecule has 50 valence electrons. The van der Waals surface area contributed by atoms with Crippen LogP contribution in [0.2, 0.25) is 0 Å². The van der Waals surface area contributed by atoms with Gasteiger partial charge in [0.15, 0.2) is 0 Å². The second kappa shape index (κ2) is 3.11. The monoisotopic (exact) mass is 140 g/mol. The minimum absolute atomic E-state index is 0.704. The molecular weight excluding hydrogens is 128 g/mol. The van der Waals surface area contributed by atoms with Gasteiger partial charge >= 0.3 is 0 Å². The molecule has 0 bridgehead atoms. The maximum Gasteiger partial charge on any atom is 0.0287 e. The van der Waals surface area contributed by atoms with E-state index >= 15 is 0 Å². The van der Waals surface area contributed by atoms with Gasteiger partial charge in [-0.2, -0.15) is 11.8 Å². The lowest BCUT2D eigenvalue weighted by molar-refractivity contribution is 0.754. The fourth-order valence-corrected chi connectivity index (χ4v) is 1.76. The maximum atomic E-state index is 2.26. The Hall–Kier alpha value is -0.170. The van der Waals surface area contributed by atoms with Crippen LogP contribution in [0, 0.1) is 5.92 Å². The van der Waals surface area contributed by atoms with E-state index in [0.717, 1.165) is 0 Å². The predicted octanol–water partition coefficient (Wildman–Crippen LogP) is 2.48. The van der Waals surface area contributed by atoms with Crippen molar-refractivity contribution < 1.29 is 0 Å². The Labute approximate surface area is 61.0 Å². The molecule has 0 aromatic heterocycles. The summed E-state index contributed by atoms with van der Waals surface area (Å²) in [7, 11) is 0. The van der Waals surface area contributed by atoms with Gasteiger partial charge in [0.25, 0.3) is 0 Å². The molecule has 1 aliphatic carbocycles. The normalized spacial score (nSPS) is 33.1. The molecule has 0 nitrogen and oxygen atoms in total.